The largest absolute Gasteiger partial charge is 0.380 e. The zero-order valence-electron chi connectivity index (χ0n) is 15.9. The van der Waals surface area contributed by atoms with E-state index >= 15 is 0 Å². The number of nitrogens with two attached hydrogens (primary N) is 1. The number of aryl methyl sites for hydroxylation is 2. The maximum Gasteiger partial charge on any atom is 0.380 e. The summed E-state index contributed by atoms with van der Waals surface area (Å²) in [5, 5.41) is 14.6. The molecule has 2 N–H and O–H groups in total. The van der Waals surface area contributed by atoms with Crippen LogP contribution in [0.4, 0.5) is 0 Å². The van der Waals surface area contributed by atoms with Crippen molar-refractivity contribution in [3.8, 4) is 11.8 Å². The number of benzene rings is 1. The number of rotatable bonds is 3. The lowest BCUT2D eigenvalue weighted by Crippen LogP contribution is -2.41. The molecule has 1 aromatic rings. The highest BCUT2D eigenvalue weighted by atomic mass is 32.2. The number of hydrogen-bond donors (Lipinski definition) is 1. The Bertz CT molecular complexity index is 960. The average molecular weight is 387 g/mol. The van der Waals surface area contributed by atoms with E-state index in [9.17, 15) is 13.7 Å². The summed E-state index contributed by atoms with van der Waals surface area (Å²) in [6, 6.07) is 6.47. The quantitative estimate of drug-likeness (QED) is 0.856. The van der Waals surface area contributed by atoms with Crippen LogP contribution in [0.1, 0.15) is 62.1 Å². The smallest absolute Gasteiger partial charge is 0.371 e. The second-order valence-electron chi connectivity index (χ2n) is 8.43. The molecule has 0 aromatic heterocycles. The first-order chi connectivity index (χ1) is 12.8. The van der Waals surface area contributed by atoms with Gasteiger partial charge in [-0.1, -0.05) is 26.0 Å². The molecule has 6 heteroatoms. The van der Waals surface area contributed by atoms with E-state index in [1.54, 1.807) is 0 Å². The van der Waals surface area contributed by atoms with Gasteiger partial charge in [0.2, 0.25) is 0 Å². The molecular weight excluding hydrogens is 360 g/mol. The summed E-state index contributed by atoms with van der Waals surface area (Å²) in [6.07, 6.45) is 7.94. The van der Waals surface area contributed by atoms with Crippen molar-refractivity contribution in [2.24, 2.45) is 22.4 Å². The molecule has 5 nitrogen and oxygen atoms in total. The third kappa shape index (κ3) is 2.97. The molecule has 27 heavy (non-hydrogen) atoms. The van der Waals surface area contributed by atoms with Crippen molar-refractivity contribution < 1.29 is 12.6 Å². The fraction of sp³-hybridized carbons (Fsp3) is 0.571. The van der Waals surface area contributed by atoms with Crippen LogP contribution in [0.3, 0.4) is 0 Å². The highest BCUT2D eigenvalue weighted by Gasteiger charge is 2.52. The van der Waals surface area contributed by atoms with Crippen molar-refractivity contribution in [2.75, 3.05) is 0 Å². The Kier molecular flexibility index (Phi) is 4.36. The normalized spacial score (nSPS) is 31.9. The maximum atomic E-state index is 11.4. The highest BCUT2D eigenvalue weighted by Crippen LogP contribution is 2.61. The number of allylic oxidation sites excluding steroid dienone is 2. The molecule has 4 atom stereocenters. The van der Waals surface area contributed by atoms with Gasteiger partial charge in [-0.25, -0.2) is 0 Å². The first-order valence-electron chi connectivity index (χ1n) is 9.75. The van der Waals surface area contributed by atoms with Crippen LogP contribution in [0.25, 0.3) is 0 Å². The molecule has 4 rings (SSSR count). The summed E-state index contributed by atoms with van der Waals surface area (Å²) >= 11 is 0. The SMILES string of the molecule is CCc1cc2c(cc1OS(N)(=O)=O)CC[C@@H]1[C@@H]2CC[C@]2(C)C(C#N)=CC[C@@H]12. The minimum atomic E-state index is -4.03. The van der Waals surface area contributed by atoms with Crippen LogP contribution in [0.5, 0.6) is 5.75 Å². The molecule has 0 spiro atoms. The summed E-state index contributed by atoms with van der Waals surface area (Å²) in [5.74, 6) is 1.96. The van der Waals surface area contributed by atoms with Gasteiger partial charge >= 0.3 is 10.3 Å². The third-order valence-electron chi connectivity index (χ3n) is 7.19. The Labute approximate surface area is 161 Å². The molecule has 1 aromatic carbocycles. The second kappa shape index (κ2) is 6.35. The lowest BCUT2D eigenvalue weighted by atomic mass is 9.54. The fourth-order valence-corrected chi connectivity index (χ4v) is 6.27. The molecule has 0 heterocycles. The summed E-state index contributed by atoms with van der Waals surface area (Å²) in [7, 11) is -4.03. The van der Waals surface area contributed by atoms with E-state index in [0.717, 1.165) is 43.2 Å². The number of nitrogens with zero attached hydrogens (tertiary/aromatic N) is 1. The molecule has 3 aliphatic rings. The third-order valence-corrected chi connectivity index (χ3v) is 7.61. The Balaban J connectivity index is 1.70. The van der Waals surface area contributed by atoms with Crippen LogP contribution >= 0.6 is 0 Å². The van der Waals surface area contributed by atoms with Crippen LogP contribution in [0.2, 0.25) is 0 Å². The monoisotopic (exact) mass is 386 g/mol. The minimum Gasteiger partial charge on any atom is -0.371 e. The summed E-state index contributed by atoms with van der Waals surface area (Å²) in [6.45, 7) is 4.27. The molecular formula is C21H26N2O3S. The van der Waals surface area contributed by atoms with Gasteiger partial charge in [-0.2, -0.15) is 18.8 Å². The van der Waals surface area contributed by atoms with Gasteiger partial charge in [0.25, 0.3) is 0 Å². The molecule has 0 radical (unpaired) electrons. The fourth-order valence-electron chi connectivity index (χ4n) is 5.87. The Hall–Kier alpha value is -1.84. The van der Waals surface area contributed by atoms with E-state index < -0.39 is 10.3 Å². The van der Waals surface area contributed by atoms with Crippen LogP contribution in [0.15, 0.2) is 23.8 Å². The van der Waals surface area contributed by atoms with E-state index in [-0.39, 0.29) is 5.41 Å². The van der Waals surface area contributed by atoms with Gasteiger partial charge in [0.15, 0.2) is 0 Å². The van der Waals surface area contributed by atoms with Crippen molar-refractivity contribution in [1.29, 1.82) is 5.26 Å². The van der Waals surface area contributed by atoms with E-state index in [4.69, 9.17) is 9.32 Å². The zero-order chi connectivity index (χ0) is 19.4. The lowest BCUT2D eigenvalue weighted by molar-refractivity contribution is 0.0779. The van der Waals surface area contributed by atoms with E-state index in [1.165, 1.54) is 11.1 Å². The highest BCUT2D eigenvalue weighted by molar-refractivity contribution is 7.84. The van der Waals surface area contributed by atoms with Crippen molar-refractivity contribution in [3.05, 3.63) is 40.5 Å². The van der Waals surface area contributed by atoms with Crippen molar-refractivity contribution in [2.45, 2.75) is 58.3 Å². The maximum absolute atomic E-state index is 11.4. The van der Waals surface area contributed by atoms with Crippen LogP contribution in [-0.2, 0) is 23.1 Å². The van der Waals surface area contributed by atoms with E-state index in [0.29, 0.717) is 29.9 Å². The first-order valence-corrected chi connectivity index (χ1v) is 11.2. The van der Waals surface area contributed by atoms with Gasteiger partial charge in [0.05, 0.1) is 6.07 Å². The first kappa shape index (κ1) is 18.5. The van der Waals surface area contributed by atoms with Gasteiger partial charge in [-0.15, -0.1) is 0 Å². The molecule has 1 fully saturated rings. The number of nitriles is 1. The van der Waals surface area contributed by atoms with Crippen molar-refractivity contribution >= 4 is 10.3 Å². The van der Waals surface area contributed by atoms with Gasteiger partial charge in [-0.3, -0.25) is 0 Å². The summed E-state index contributed by atoms with van der Waals surface area (Å²) < 4.78 is 27.9. The minimum absolute atomic E-state index is 0.0255. The molecule has 3 aliphatic carbocycles. The molecule has 0 aliphatic heterocycles. The van der Waals surface area contributed by atoms with Crippen molar-refractivity contribution in [1.82, 2.24) is 0 Å². The number of hydrogen-bond acceptors (Lipinski definition) is 4. The van der Waals surface area contributed by atoms with Crippen LogP contribution < -0.4 is 9.32 Å². The summed E-state index contributed by atoms with van der Waals surface area (Å²) in [5.41, 5.74) is 4.42. The average Bonchev–Trinajstić information content (AvgIpc) is 2.95. The van der Waals surface area contributed by atoms with Crippen LogP contribution in [0, 0.1) is 28.6 Å². The van der Waals surface area contributed by atoms with E-state index in [2.05, 4.69) is 25.1 Å². The Morgan fingerprint density at radius 1 is 1.37 bits per heavy atom. The molecule has 0 amide bonds. The molecule has 144 valence electrons. The van der Waals surface area contributed by atoms with Crippen molar-refractivity contribution in [3.63, 3.8) is 0 Å². The predicted octanol–water partition coefficient (Wildman–Crippen LogP) is 3.75. The van der Waals surface area contributed by atoms with Gasteiger partial charge in [-0.05, 0) is 79.0 Å². The van der Waals surface area contributed by atoms with E-state index in [1.807, 2.05) is 13.0 Å². The number of fused-ring (bicyclic) bond motifs is 5. The lowest BCUT2D eigenvalue weighted by Gasteiger charge is -2.49. The zero-order valence-corrected chi connectivity index (χ0v) is 16.7. The standard InChI is InChI=1S/C21H26N2O3S/c1-3-13-10-18-14(11-20(13)26-27(23,24)25)4-6-17-16(18)8-9-21(2)15(12-22)5-7-19(17)21/h5,10-11,16-17,19H,3-4,6-9H2,1-2H3,(H2,23,24,25)/t16-,17+,19-,21+/m0/s1. The predicted molar refractivity (Wildman–Crippen MR) is 103 cm³/mol. The van der Waals surface area contributed by atoms with Gasteiger partial charge in [0.1, 0.15) is 5.75 Å². The van der Waals surface area contributed by atoms with Crippen LogP contribution in [-0.4, -0.2) is 8.42 Å². The molecule has 0 unspecified atom stereocenters. The Morgan fingerprint density at radius 3 is 2.81 bits per heavy atom. The van der Waals surface area contributed by atoms with Gasteiger partial charge < -0.3 is 4.18 Å². The molecule has 0 saturated heterocycles. The van der Waals surface area contributed by atoms with Gasteiger partial charge in [0, 0.05) is 11.0 Å². The Morgan fingerprint density at radius 2 is 2.15 bits per heavy atom. The molecule has 1 saturated carbocycles. The second-order valence-corrected chi connectivity index (χ2v) is 9.58. The molecule has 0 bridgehead atoms. The summed E-state index contributed by atoms with van der Waals surface area (Å²) in [4.78, 5) is 0. The topological polar surface area (TPSA) is 93.2 Å².